The minimum Gasteiger partial charge on any atom is -0.487 e. The molecule has 3 N–H and O–H groups in total. The third kappa shape index (κ3) is 4.38. The van der Waals surface area contributed by atoms with Crippen LogP contribution in [0.2, 0.25) is 0 Å². The largest absolute Gasteiger partial charge is 0.487 e. The topological polar surface area (TPSA) is 64.3 Å². The van der Waals surface area contributed by atoms with Crippen LogP contribution < -0.4 is 15.8 Å². The number of benzene rings is 2. The molecule has 0 saturated heterocycles. The van der Waals surface area contributed by atoms with Gasteiger partial charge in [0.1, 0.15) is 12.4 Å². The number of hydrogen-bond acceptors (Lipinski definition) is 3. The molecule has 0 unspecified atom stereocenters. The number of aryl methyl sites for hydroxylation is 1. The molecule has 2 aromatic carbocycles. The highest BCUT2D eigenvalue weighted by atomic mass is 16.5. The Kier molecular flexibility index (Phi) is 5.20. The van der Waals surface area contributed by atoms with E-state index in [-0.39, 0.29) is 5.91 Å². The summed E-state index contributed by atoms with van der Waals surface area (Å²) in [4.78, 5) is 11.2. The summed E-state index contributed by atoms with van der Waals surface area (Å²) < 4.78 is 5.75. The van der Waals surface area contributed by atoms with Crippen molar-refractivity contribution in [3.8, 4) is 5.75 Å². The summed E-state index contributed by atoms with van der Waals surface area (Å²) in [5, 5.41) is 2.52. The van der Waals surface area contributed by atoms with E-state index in [1.807, 2.05) is 37.3 Å². The van der Waals surface area contributed by atoms with Crippen LogP contribution in [0.1, 0.15) is 16.7 Å². The third-order valence-corrected chi connectivity index (χ3v) is 3.18. The van der Waals surface area contributed by atoms with Crippen LogP contribution in [0.15, 0.2) is 48.5 Å². The minimum atomic E-state index is -0.154. The van der Waals surface area contributed by atoms with E-state index in [0.29, 0.717) is 18.0 Å². The van der Waals surface area contributed by atoms with E-state index in [1.54, 1.807) is 19.2 Å². The van der Waals surface area contributed by atoms with E-state index in [1.165, 1.54) is 11.6 Å². The number of nitrogen functional groups attached to an aromatic ring is 1. The van der Waals surface area contributed by atoms with Gasteiger partial charge in [-0.1, -0.05) is 35.9 Å². The monoisotopic (exact) mass is 296 g/mol. The van der Waals surface area contributed by atoms with E-state index in [9.17, 15) is 4.79 Å². The first kappa shape index (κ1) is 15.6. The Bertz CT molecular complexity index is 693. The number of hydrogen-bond donors (Lipinski definition) is 2. The SMILES string of the molecule is CNC(=O)/C=C\c1ccc(OCc2cccc(C)c2)c(N)c1. The number of amides is 1. The molecule has 2 aromatic rings. The molecule has 1 amide bonds. The number of nitrogens with one attached hydrogen (secondary N) is 1. The first-order valence-electron chi connectivity index (χ1n) is 7.06. The number of carbonyl (C=O) groups is 1. The second-order valence-corrected chi connectivity index (χ2v) is 5.02. The number of carbonyl (C=O) groups excluding carboxylic acids is 1. The Morgan fingerprint density at radius 3 is 2.77 bits per heavy atom. The van der Waals surface area contributed by atoms with Crippen molar-refractivity contribution in [2.75, 3.05) is 12.8 Å². The number of rotatable bonds is 5. The lowest BCUT2D eigenvalue weighted by molar-refractivity contribution is -0.115. The Labute approximate surface area is 130 Å². The van der Waals surface area contributed by atoms with Crippen LogP contribution in [0, 0.1) is 6.92 Å². The van der Waals surface area contributed by atoms with E-state index in [2.05, 4.69) is 11.4 Å². The molecule has 4 nitrogen and oxygen atoms in total. The van der Waals surface area contributed by atoms with Gasteiger partial charge < -0.3 is 15.8 Å². The molecule has 114 valence electrons. The second kappa shape index (κ2) is 7.31. The van der Waals surface area contributed by atoms with Crippen LogP contribution >= 0.6 is 0 Å². The summed E-state index contributed by atoms with van der Waals surface area (Å²) in [6.07, 6.45) is 3.17. The Morgan fingerprint density at radius 1 is 1.27 bits per heavy atom. The fourth-order valence-electron chi connectivity index (χ4n) is 2.02. The van der Waals surface area contributed by atoms with Gasteiger partial charge in [0.05, 0.1) is 5.69 Å². The van der Waals surface area contributed by atoms with E-state index in [0.717, 1.165) is 11.1 Å². The van der Waals surface area contributed by atoms with Crippen LogP contribution in [-0.4, -0.2) is 13.0 Å². The molecule has 0 aromatic heterocycles. The molecular formula is C18H20N2O2. The van der Waals surface area contributed by atoms with Gasteiger partial charge in [0, 0.05) is 13.1 Å². The highest BCUT2D eigenvalue weighted by molar-refractivity contribution is 5.91. The van der Waals surface area contributed by atoms with E-state index >= 15 is 0 Å². The molecule has 0 bridgehead atoms. The Morgan fingerprint density at radius 2 is 2.09 bits per heavy atom. The molecule has 0 spiro atoms. The van der Waals surface area contributed by atoms with Crippen molar-refractivity contribution in [2.45, 2.75) is 13.5 Å². The zero-order valence-corrected chi connectivity index (χ0v) is 12.8. The van der Waals surface area contributed by atoms with Crippen LogP contribution in [0.5, 0.6) is 5.75 Å². The molecule has 0 aliphatic rings. The summed E-state index contributed by atoms with van der Waals surface area (Å²) >= 11 is 0. The number of ether oxygens (including phenoxy) is 1. The molecule has 4 heteroatoms. The molecule has 2 rings (SSSR count). The maximum atomic E-state index is 11.2. The van der Waals surface area contributed by atoms with Crippen LogP contribution in [-0.2, 0) is 11.4 Å². The van der Waals surface area contributed by atoms with Crippen molar-refractivity contribution in [3.63, 3.8) is 0 Å². The van der Waals surface area contributed by atoms with Crippen molar-refractivity contribution in [1.29, 1.82) is 0 Å². The smallest absolute Gasteiger partial charge is 0.243 e. The molecule has 0 aliphatic carbocycles. The Balaban J connectivity index is 2.03. The summed E-state index contributed by atoms with van der Waals surface area (Å²) in [6, 6.07) is 13.6. The zero-order chi connectivity index (χ0) is 15.9. The average molecular weight is 296 g/mol. The summed E-state index contributed by atoms with van der Waals surface area (Å²) in [5.41, 5.74) is 9.69. The van der Waals surface area contributed by atoms with Gasteiger partial charge in [0.15, 0.2) is 0 Å². The first-order chi connectivity index (χ1) is 10.6. The van der Waals surface area contributed by atoms with Gasteiger partial charge in [-0.3, -0.25) is 4.79 Å². The molecule has 0 atom stereocenters. The van der Waals surface area contributed by atoms with Crippen LogP contribution in [0.3, 0.4) is 0 Å². The fourth-order valence-corrected chi connectivity index (χ4v) is 2.02. The number of anilines is 1. The third-order valence-electron chi connectivity index (χ3n) is 3.18. The van der Waals surface area contributed by atoms with Gasteiger partial charge in [-0.15, -0.1) is 0 Å². The van der Waals surface area contributed by atoms with Crippen LogP contribution in [0.4, 0.5) is 5.69 Å². The molecular weight excluding hydrogens is 276 g/mol. The molecule has 0 heterocycles. The maximum absolute atomic E-state index is 11.2. The highest BCUT2D eigenvalue weighted by Crippen LogP contribution is 2.24. The maximum Gasteiger partial charge on any atom is 0.243 e. The van der Waals surface area contributed by atoms with E-state index < -0.39 is 0 Å². The average Bonchev–Trinajstić information content (AvgIpc) is 2.51. The van der Waals surface area contributed by atoms with Gasteiger partial charge in [-0.25, -0.2) is 0 Å². The summed E-state index contributed by atoms with van der Waals surface area (Å²) in [7, 11) is 1.59. The van der Waals surface area contributed by atoms with E-state index in [4.69, 9.17) is 10.5 Å². The predicted octanol–water partition coefficient (Wildman–Crippen LogP) is 2.92. The van der Waals surface area contributed by atoms with Crippen molar-refractivity contribution < 1.29 is 9.53 Å². The summed E-state index contributed by atoms with van der Waals surface area (Å²) in [5.74, 6) is 0.483. The standard InChI is InChI=1S/C18H20N2O2/c1-13-4-3-5-15(10-13)12-22-17-8-6-14(11-16(17)19)7-9-18(21)20-2/h3-11H,12,19H2,1-2H3,(H,20,21)/b9-7-. The van der Waals surface area contributed by atoms with Crippen LogP contribution in [0.25, 0.3) is 6.08 Å². The molecule has 22 heavy (non-hydrogen) atoms. The predicted molar refractivity (Wildman–Crippen MR) is 89.5 cm³/mol. The van der Waals surface area contributed by atoms with Crippen molar-refractivity contribution in [1.82, 2.24) is 5.32 Å². The lowest BCUT2D eigenvalue weighted by atomic mass is 10.1. The van der Waals surface area contributed by atoms with Gasteiger partial charge >= 0.3 is 0 Å². The molecule has 0 aliphatic heterocycles. The Hall–Kier alpha value is -2.75. The lowest BCUT2D eigenvalue weighted by Gasteiger charge is -2.10. The minimum absolute atomic E-state index is 0.154. The van der Waals surface area contributed by atoms with Crippen molar-refractivity contribution in [3.05, 3.63) is 65.2 Å². The zero-order valence-electron chi connectivity index (χ0n) is 12.8. The quantitative estimate of drug-likeness (QED) is 0.658. The van der Waals surface area contributed by atoms with Gasteiger partial charge in [0.2, 0.25) is 5.91 Å². The van der Waals surface area contributed by atoms with Gasteiger partial charge in [-0.2, -0.15) is 0 Å². The first-order valence-corrected chi connectivity index (χ1v) is 7.06. The molecule has 0 saturated carbocycles. The van der Waals surface area contributed by atoms with Crippen molar-refractivity contribution >= 4 is 17.7 Å². The normalized spacial score (nSPS) is 10.6. The molecule has 0 fully saturated rings. The van der Waals surface area contributed by atoms with Gasteiger partial charge in [0.25, 0.3) is 0 Å². The summed E-state index contributed by atoms with van der Waals surface area (Å²) in [6.45, 7) is 2.52. The number of nitrogens with two attached hydrogens (primary N) is 1. The number of likely N-dealkylation sites (N-methyl/N-ethyl adjacent to an activating group) is 1. The fraction of sp³-hybridized carbons (Fsp3) is 0.167. The lowest BCUT2D eigenvalue weighted by Crippen LogP contribution is -2.13. The second-order valence-electron chi connectivity index (χ2n) is 5.02. The molecule has 0 radical (unpaired) electrons. The van der Waals surface area contributed by atoms with Gasteiger partial charge in [-0.05, 0) is 36.3 Å². The highest BCUT2D eigenvalue weighted by Gasteiger charge is 2.02. The van der Waals surface area contributed by atoms with Crippen molar-refractivity contribution in [2.24, 2.45) is 0 Å².